The highest BCUT2D eigenvalue weighted by atomic mass is 16.5. The number of benzene rings is 1. The molecule has 1 heterocycles. The maximum absolute atomic E-state index is 12.2. The number of carbonyl (C=O) groups is 1. The van der Waals surface area contributed by atoms with Crippen molar-refractivity contribution in [1.29, 1.82) is 0 Å². The van der Waals surface area contributed by atoms with Crippen molar-refractivity contribution in [3.63, 3.8) is 0 Å². The second kappa shape index (κ2) is 5.77. The molecule has 1 amide bonds. The lowest BCUT2D eigenvalue weighted by molar-refractivity contribution is -0.115. The molecule has 0 saturated heterocycles. The molecule has 0 aliphatic rings. The zero-order chi connectivity index (χ0) is 14.7. The quantitative estimate of drug-likeness (QED) is 0.929. The minimum absolute atomic E-state index is 0.0753. The molecule has 5 heteroatoms. The smallest absolute Gasteiger partial charge is 0.229 e. The summed E-state index contributed by atoms with van der Waals surface area (Å²) in [7, 11) is 3.46. The Morgan fingerprint density at radius 3 is 2.65 bits per heavy atom. The zero-order valence-electron chi connectivity index (χ0n) is 12.2. The molecule has 0 aliphatic carbocycles. The van der Waals surface area contributed by atoms with Crippen molar-refractivity contribution in [1.82, 2.24) is 9.78 Å². The van der Waals surface area contributed by atoms with Gasteiger partial charge in [0.2, 0.25) is 5.91 Å². The highest BCUT2D eigenvalue weighted by molar-refractivity contribution is 5.93. The summed E-state index contributed by atoms with van der Waals surface area (Å²) in [6, 6.07) is 7.36. The number of carbonyl (C=O) groups excluding carboxylic acids is 1. The van der Waals surface area contributed by atoms with Crippen LogP contribution < -0.4 is 10.1 Å². The van der Waals surface area contributed by atoms with Gasteiger partial charge in [0.15, 0.2) is 0 Å². The maximum Gasteiger partial charge on any atom is 0.229 e. The molecule has 0 saturated carbocycles. The summed E-state index contributed by atoms with van der Waals surface area (Å²) in [5.74, 6) is 0.578. The Balaban J connectivity index is 2.13. The summed E-state index contributed by atoms with van der Waals surface area (Å²) in [6.45, 7) is 3.88. The molecular formula is C15H19N3O2. The second-order valence-corrected chi connectivity index (χ2v) is 4.70. The normalized spacial score (nSPS) is 10.4. The Labute approximate surface area is 118 Å². The van der Waals surface area contributed by atoms with Gasteiger partial charge in [0.25, 0.3) is 0 Å². The number of rotatable bonds is 4. The number of hydrogen-bond acceptors (Lipinski definition) is 3. The Bertz CT molecular complexity index is 632. The number of nitrogens with zero attached hydrogens (tertiary/aromatic N) is 2. The average Bonchev–Trinajstić information content (AvgIpc) is 2.66. The highest BCUT2D eigenvalue weighted by Gasteiger charge is 2.14. The third kappa shape index (κ3) is 2.82. The maximum atomic E-state index is 12.2. The number of ether oxygens (including phenoxy) is 1. The topological polar surface area (TPSA) is 56.1 Å². The predicted molar refractivity (Wildman–Crippen MR) is 78.0 cm³/mol. The molecule has 1 N–H and O–H groups in total. The molecule has 20 heavy (non-hydrogen) atoms. The number of aromatic nitrogens is 2. The number of methoxy groups -OCH3 is 1. The molecule has 0 unspecified atom stereocenters. The molecule has 0 fully saturated rings. The van der Waals surface area contributed by atoms with E-state index in [2.05, 4.69) is 10.4 Å². The van der Waals surface area contributed by atoms with Crippen molar-refractivity contribution < 1.29 is 9.53 Å². The SMILES string of the molecule is COc1ccccc1NC(=O)Cc1c(C)nn(C)c1C. The van der Waals surface area contributed by atoms with E-state index in [9.17, 15) is 4.79 Å². The molecule has 0 atom stereocenters. The summed E-state index contributed by atoms with van der Waals surface area (Å²) in [5, 5.41) is 7.19. The van der Waals surface area contributed by atoms with E-state index in [1.807, 2.05) is 45.2 Å². The van der Waals surface area contributed by atoms with Gasteiger partial charge in [-0.15, -0.1) is 0 Å². The summed E-state index contributed by atoms with van der Waals surface area (Å²) in [4.78, 5) is 12.2. The third-order valence-corrected chi connectivity index (χ3v) is 3.38. The number of amides is 1. The molecule has 0 spiro atoms. The van der Waals surface area contributed by atoms with Crippen LogP contribution >= 0.6 is 0 Å². The van der Waals surface area contributed by atoms with Crippen LogP contribution in [0.2, 0.25) is 0 Å². The van der Waals surface area contributed by atoms with Crippen molar-refractivity contribution in [2.75, 3.05) is 12.4 Å². The van der Waals surface area contributed by atoms with Crippen molar-refractivity contribution in [2.24, 2.45) is 7.05 Å². The van der Waals surface area contributed by atoms with E-state index in [1.165, 1.54) is 0 Å². The minimum Gasteiger partial charge on any atom is -0.495 e. The second-order valence-electron chi connectivity index (χ2n) is 4.70. The van der Waals surface area contributed by atoms with Crippen LogP contribution in [0.15, 0.2) is 24.3 Å². The van der Waals surface area contributed by atoms with Gasteiger partial charge in [-0.1, -0.05) is 12.1 Å². The largest absolute Gasteiger partial charge is 0.495 e. The Hall–Kier alpha value is -2.30. The van der Waals surface area contributed by atoms with E-state index in [0.717, 1.165) is 17.0 Å². The van der Waals surface area contributed by atoms with E-state index < -0.39 is 0 Å². The zero-order valence-corrected chi connectivity index (χ0v) is 12.2. The van der Waals surface area contributed by atoms with Gasteiger partial charge in [-0.2, -0.15) is 5.10 Å². The summed E-state index contributed by atoms with van der Waals surface area (Å²) in [6.07, 6.45) is 0.309. The lowest BCUT2D eigenvalue weighted by Crippen LogP contribution is -2.15. The van der Waals surface area contributed by atoms with Gasteiger partial charge in [0.1, 0.15) is 5.75 Å². The number of anilines is 1. The molecule has 2 rings (SSSR count). The fourth-order valence-corrected chi connectivity index (χ4v) is 2.18. The minimum atomic E-state index is -0.0753. The van der Waals surface area contributed by atoms with Crippen LogP contribution in [0.4, 0.5) is 5.69 Å². The van der Waals surface area contributed by atoms with E-state index >= 15 is 0 Å². The molecular weight excluding hydrogens is 254 g/mol. The van der Waals surface area contributed by atoms with Gasteiger partial charge in [0.05, 0.1) is 24.9 Å². The Morgan fingerprint density at radius 1 is 1.35 bits per heavy atom. The lowest BCUT2D eigenvalue weighted by atomic mass is 10.1. The van der Waals surface area contributed by atoms with Crippen LogP contribution in [0.5, 0.6) is 5.75 Å². The molecule has 0 radical (unpaired) electrons. The first-order valence-electron chi connectivity index (χ1n) is 6.45. The molecule has 0 aliphatic heterocycles. The van der Waals surface area contributed by atoms with E-state index in [0.29, 0.717) is 17.9 Å². The highest BCUT2D eigenvalue weighted by Crippen LogP contribution is 2.23. The predicted octanol–water partition coefficient (Wildman–Crippen LogP) is 2.23. The first-order chi connectivity index (χ1) is 9.52. The van der Waals surface area contributed by atoms with Crippen LogP contribution in [0, 0.1) is 13.8 Å². The van der Waals surface area contributed by atoms with Crippen LogP contribution in [-0.2, 0) is 18.3 Å². The summed E-state index contributed by atoms with van der Waals surface area (Å²) < 4.78 is 7.01. The molecule has 0 bridgehead atoms. The van der Waals surface area contributed by atoms with E-state index in [1.54, 1.807) is 11.8 Å². The van der Waals surface area contributed by atoms with E-state index in [-0.39, 0.29) is 5.91 Å². The number of para-hydroxylation sites is 2. The van der Waals surface area contributed by atoms with Crippen molar-refractivity contribution >= 4 is 11.6 Å². The molecule has 1 aromatic heterocycles. The summed E-state index contributed by atoms with van der Waals surface area (Å²) >= 11 is 0. The number of hydrogen-bond donors (Lipinski definition) is 1. The molecule has 2 aromatic rings. The fraction of sp³-hybridized carbons (Fsp3) is 0.333. The van der Waals surface area contributed by atoms with Crippen LogP contribution in [0.25, 0.3) is 0 Å². The molecule has 1 aromatic carbocycles. The van der Waals surface area contributed by atoms with Crippen LogP contribution in [0.3, 0.4) is 0 Å². The van der Waals surface area contributed by atoms with Gasteiger partial charge in [-0.05, 0) is 26.0 Å². The standard InChI is InChI=1S/C15H19N3O2/c1-10-12(11(2)18(3)17-10)9-15(19)16-13-7-5-6-8-14(13)20-4/h5-8H,9H2,1-4H3,(H,16,19). The first kappa shape index (κ1) is 14.1. The lowest BCUT2D eigenvalue weighted by Gasteiger charge is -2.09. The van der Waals surface area contributed by atoms with E-state index in [4.69, 9.17) is 4.74 Å². The van der Waals surface area contributed by atoms with Crippen molar-refractivity contribution in [3.05, 3.63) is 41.2 Å². The van der Waals surface area contributed by atoms with Gasteiger partial charge < -0.3 is 10.1 Å². The van der Waals surface area contributed by atoms with Gasteiger partial charge in [0, 0.05) is 18.3 Å². The average molecular weight is 273 g/mol. The van der Waals surface area contributed by atoms with Gasteiger partial charge in [-0.3, -0.25) is 9.48 Å². The molecule has 5 nitrogen and oxygen atoms in total. The monoisotopic (exact) mass is 273 g/mol. The third-order valence-electron chi connectivity index (χ3n) is 3.38. The van der Waals surface area contributed by atoms with Crippen LogP contribution in [-0.4, -0.2) is 22.8 Å². The first-order valence-corrected chi connectivity index (χ1v) is 6.45. The summed E-state index contributed by atoms with van der Waals surface area (Å²) in [5.41, 5.74) is 3.55. The van der Waals surface area contributed by atoms with Gasteiger partial charge in [-0.25, -0.2) is 0 Å². The molecule has 106 valence electrons. The Kier molecular flexibility index (Phi) is 4.08. The van der Waals surface area contributed by atoms with Crippen molar-refractivity contribution in [2.45, 2.75) is 20.3 Å². The van der Waals surface area contributed by atoms with Gasteiger partial charge >= 0.3 is 0 Å². The van der Waals surface area contributed by atoms with Crippen molar-refractivity contribution in [3.8, 4) is 5.75 Å². The fourth-order valence-electron chi connectivity index (χ4n) is 2.18. The Morgan fingerprint density at radius 2 is 2.05 bits per heavy atom. The number of nitrogens with one attached hydrogen (secondary N) is 1. The van der Waals surface area contributed by atoms with Crippen LogP contribution in [0.1, 0.15) is 17.0 Å². The number of aryl methyl sites for hydroxylation is 2.